The number of ether oxygens (including phenoxy) is 1. The summed E-state index contributed by atoms with van der Waals surface area (Å²) >= 11 is 3.16. The first-order chi connectivity index (χ1) is 10.2. The Labute approximate surface area is 132 Å². The number of halogens is 2. The van der Waals surface area contributed by atoms with Crippen molar-refractivity contribution in [3.05, 3.63) is 58.1 Å². The highest BCUT2D eigenvalue weighted by Gasteiger charge is 2.02. The third-order valence-electron chi connectivity index (χ3n) is 2.92. The Hall–Kier alpha value is -1.46. The number of pyridine rings is 1. The summed E-state index contributed by atoms with van der Waals surface area (Å²) in [5.74, 6) is 0.430. The van der Waals surface area contributed by atoms with Crippen molar-refractivity contribution >= 4 is 15.9 Å². The lowest BCUT2D eigenvalue weighted by Gasteiger charge is -2.08. The molecule has 21 heavy (non-hydrogen) atoms. The van der Waals surface area contributed by atoms with Crippen LogP contribution in [0.1, 0.15) is 24.6 Å². The van der Waals surface area contributed by atoms with Gasteiger partial charge in [0.05, 0.1) is 16.4 Å². The van der Waals surface area contributed by atoms with Crippen LogP contribution in [0.15, 0.2) is 41.0 Å². The molecule has 0 aliphatic carbocycles. The van der Waals surface area contributed by atoms with Crippen LogP contribution in [0.3, 0.4) is 0 Å². The van der Waals surface area contributed by atoms with Crippen LogP contribution in [0.2, 0.25) is 0 Å². The van der Waals surface area contributed by atoms with Gasteiger partial charge in [0.25, 0.3) is 0 Å². The lowest BCUT2D eigenvalue weighted by Crippen LogP contribution is -2.14. The SMILES string of the molecule is CCCNCc1ccc(OCc2ccc(F)c(Br)c2)cn1. The van der Waals surface area contributed by atoms with Gasteiger partial charge in [0.15, 0.2) is 0 Å². The maximum absolute atomic E-state index is 13.1. The molecule has 0 spiro atoms. The molecule has 0 saturated heterocycles. The van der Waals surface area contributed by atoms with Crippen molar-refractivity contribution < 1.29 is 9.13 Å². The fourth-order valence-electron chi connectivity index (χ4n) is 1.79. The minimum absolute atomic E-state index is 0.274. The van der Waals surface area contributed by atoms with Crippen LogP contribution in [-0.2, 0) is 13.2 Å². The Kier molecular flexibility index (Phi) is 6.14. The summed E-state index contributed by atoms with van der Waals surface area (Å²) in [5.41, 5.74) is 1.89. The van der Waals surface area contributed by atoms with Crippen LogP contribution in [0.5, 0.6) is 5.75 Å². The standard InChI is InChI=1S/C16H18BrFN2O/c1-2-7-19-9-13-4-5-14(10-20-13)21-11-12-3-6-16(18)15(17)8-12/h3-6,8,10,19H,2,7,9,11H2,1H3. The second kappa shape index (κ2) is 8.10. The van der Waals surface area contributed by atoms with Gasteiger partial charge in [0.2, 0.25) is 0 Å². The van der Waals surface area contributed by atoms with Crippen LogP contribution in [0, 0.1) is 5.82 Å². The number of hydrogen-bond acceptors (Lipinski definition) is 3. The topological polar surface area (TPSA) is 34.1 Å². The lowest BCUT2D eigenvalue weighted by molar-refractivity contribution is 0.304. The van der Waals surface area contributed by atoms with Crippen molar-refractivity contribution in [1.29, 1.82) is 0 Å². The van der Waals surface area contributed by atoms with Crippen molar-refractivity contribution in [2.24, 2.45) is 0 Å². The summed E-state index contributed by atoms with van der Waals surface area (Å²) in [5, 5.41) is 3.30. The van der Waals surface area contributed by atoms with Crippen LogP contribution in [0.25, 0.3) is 0 Å². The molecule has 112 valence electrons. The average molecular weight is 353 g/mol. The predicted molar refractivity (Wildman–Crippen MR) is 84.7 cm³/mol. The lowest BCUT2D eigenvalue weighted by atomic mass is 10.2. The Balaban J connectivity index is 1.86. The molecule has 1 N–H and O–H groups in total. The summed E-state index contributed by atoms with van der Waals surface area (Å²) in [7, 11) is 0. The van der Waals surface area contributed by atoms with Gasteiger partial charge in [-0.05, 0) is 58.7 Å². The van der Waals surface area contributed by atoms with Crippen molar-refractivity contribution in [3.8, 4) is 5.75 Å². The minimum atomic E-state index is -0.274. The van der Waals surface area contributed by atoms with E-state index < -0.39 is 0 Å². The molecule has 0 fully saturated rings. The molecular formula is C16H18BrFN2O. The maximum atomic E-state index is 13.1. The van der Waals surface area contributed by atoms with Gasteiger partial charge in [-0.25, -0.2) is 4.39 Å². The van der Waals surface area contributed by atoms with E-state index in [4.69, 9.17) is 4.74 Å². The van der Waals surface area contributed by atoms with Gasteiger partial charge in [-0.3, -0.25) is 4.98 Å². The molecule has 0 aliphatic rings. The largest absolute Gasteiger partial charge is 0.487 e. The van der Waals surface area contributed by atoms with E-state index in [1.54, 1.807) is 18.3 Å². The van der Waals surface area contributed by atoms with E-state index in [0.717, 1.165) is 30.8 Å². The number of aromatic nitrogens is 1. The van der Waals surface area contributed by atoms with Crippen molar-refractivity contribution in [1.82, 2.24) is 10.3 Å². The summed E-state index contributed by atoms with van der Waals surface area (Å²) < 4.78 is 19.2. The van der Waals surface area contributed by atoms with Gasteiger partial charge >= 0.3 is 0 Å². The van der Waals surface area contributed by atoms with E-state index in [9.17, 15) is 4.39 Å². The predicted octanol–water partition coefficient (Wildman–Crippen LogP) is 4.06. The zero-order valence-electron chi connectivity index (χ0n) is 11.9. The first-order valence-electron chi connectivity index (χ1n) is 6.91. The molecular weight excluding hydrogens is 335 g/mol. The normalized spacial score (nSPS) is 10.6. The molecule has 0 amide bonds. The zero-order valence-corrected chi connectivity index (χ0v) is 13.5. The van der Waals surface area contributed by atoms with E-state index in [2.05, 4.69) is 33.2 Å². The van der Waals surface area contributed by atoms with E-state index in [1.165, 1.54) is 6.07 Å². The molecule has 1 heterocycles. The number of benzene rings is 1. The van der Waals surface area contributed by atoms with Crippen LogP contribution in [-0.4, -0.2) is 11.5 Å². The summed E-state index contributed by atoms with van der Waals surface area (Å²) in [6.07, 6.45) is 2.82. The van der Waals surface area contributed by atoms with E-state index >= 15 is 0 Å². The van der Waals surface area contributed by atoms with Gasteiger partial charge < -0.3 is 10.1 Å². The van der Waals surface area contributed by atoms with Gasteiger partial charge in [-0.1, -0.05) is 13.0 Å². The molecule has 0 radical (unpaired) electrons. The van der Waals surface area contributed by atoms with Gasteiger partial charge in [-0.15, -0.1) is 0 Å². The molecule has 5 heteroatoms. The molecule has 0 saturated carbocycles. The molecule has 3 nitrogen and oxygen atoms in total. The smallest absolute Gasteiger partial charge is 0.138 e. The molecule has 1 aromatic heterocycles. The molecule has 2 rings (SSSR count). The maximum Gasteiger partial charge on any atom is 0.138 e. The summed E-state index contributed by atoms with van der Waals surface area (Å²) in [4.78, 5) is 4.34. The number of nitrogens with one attached hydrogen (secondary N) is 1. The second-order valence-electron chi connectivity index (χ2n) is 4.70. The van der Waals surface area contributed by atoms with Gasteiger partial charge in [-0.2, -0.15) is 0 Å². The Morgan fingerprint density at radius 3 is 2.81 bits per heavy atom. The second-order valence-corrected chi connectivity index (χ2v) is 5.55. The zero-order chi connectivity index (χ0) is 15.1. The molecule has 1 aromatic carbocycles. The third-order valence-corrected chi connectivity index (χ3v) is 3.53. The molecule has 0 unspecified atom stereocenters. The van der Waals surface area contributed by atoms with Crippen molar-refractivity contribution in [3.63, 3.8) is 0 Å². The molecule has 0 aliphatic heterocycles. The highest BCUT2D eigenvalue weighted by Crippen LogP contribution is 2.18. The number of rotatable bonds is 7. The van der Waals surface area contributed by atoms with Crippen molar-refractivity contribution in [2.45, 2.75) is 26.5 Å². The van der Waals surface area contributed by atoms with Gasteiger partial charge in [0, 0.05) is 6.54 Å². The van der Waals surface area contributed by atoms with E-state index in [-0.39, 0.29) is 5.82 Å². The average Bonchev–Trinajstić information content (AvgIpc) is 2.50. The first-order valence-corrected chi connectivity index (χ1v) is 7.70. The minimum Gasteiger partial charge on any atom is -0.487 e. The summed E-state index contributed by atoms with van der Waals surface area (Å²) in [6, 6.07) is 8.68. The highest BCUT2D eigenvalue weighted by molar-refractivity contribution is 9.10. The Morgan fingerprint density at radius 1 is 1.29 bits per heavy atom. The quantitative estimate of drug-likeness (QED) is 0.763. The highest BCUT2D eigenvalue weighted by atomic mass is 79.9. The van der Waals surface area contributed by atoms with Crippen LogP contribution in [0.4, 0.5) is 4.39 Å². The monoisotopic (exact) mass is 352 g/mol. The van der Waals surface area contributed by atoms with Crippen LogP contribution < -0.4 is 10.1 Å². The summed E-state index contributed by atoms with van der Waals surface area (Å²) in [6.45, 7) is 4.26. The first kappa shape index (κ1) is 15.9. The number of nitrogens with zero attached hydrogens (tertiary/aromatic N) is 1. The number of hydrogen-bond donors (Lipinski definition) is 1. The Bertz CT molecular complexity index is 575. The third kappa shape index (κ3) is 5.10. The molecule has 2 aromatic rings. The molecule has 0 bridgehead atoms. The fourth-order valence-corrected chi connectivity index (χ4v) is 2.22. The van der Waals surface area contributed by atoms with Gasteiger partial charge in [0.1, 0.15) is 18.2 Å². The van der Waals surface area contributed by atoms with Crippen LogP contribution >= 0.6 is 15.9 Å². The van der Waals surface area contributed by atoms with Crippen molar-refractivity contribution in [2.75, 3.05) is 6.54 Å². The van der Waals surface area contributed by atoms with E-state index in [0.29, 0.717) is 16.8 Å². The van der Waals surface area contributed by atoms with E-state index in [1.807, 2.05) is 12.1 Å². The molecule has 0 atom stereocenters. The fraction of sp³-hybridized carbons (Fsp3) is 0.312. The Morgan fingerprint density at radius 2 is 2.14 bits per heavy atom.